The second kappa shape index (κ2) is 14.4. The van der Waals surface area contributed by atoms with Gasteiger partial charge in [0.05, 0.1) is 6.07 Å². The fourth-order valence-corrected chi connectivity index (χ4v) is 6.09. The van der Waals surface area contributed by atoms with Crippen molar-refractivity contribution in [2.24, 2.45) is 23.7 Å². The Balaban J connectivity index is 1.26. The molecule has 0 bridgehead atoms. The summed E-state index contributed by atoms with van der Waals surface area (Å²) in [5, 5.41) is 8.57. The fraction of sp³-hybridized carbons (Fsp3) is 0.645. The van der Waals surface area contributed by atoms with Gasteiger partial charge in [0.15, 0.2) is 0 Å². The molecule has 0 aliphatic heterocycles. The van der Waals surface area contributed by atoms with Crippen molar-refractivity contribution in [3.63, 3.8) is 0 Å². The lowest BCUT2D eigenvalue weighted by atomic mass is 9.68. The van der Waals surface area contributed by atoms with Crippen LogP contribution in [0.1, 0.15) is 102 Å². The molecule has 0 unspecified atom stereocenters. The van der Waals surface area contributed by atoms with Crippen LogP contribution < -0.4 is 0 Å². The third-order valence-corrected chi connectivity index (χ3v) is 8.21. The van der Waals surface area contributed by atoms with E-state index >= 15 is 0 Å². The molecule has 0 spiro atoms. The van der Waals surface area contributed by atoms with Crippen LogP contribution in [0.25, 0.3) is 0 Å². The highest BCUT2D eigenvalue weighted by molar-refractivity contribution is 5.22. The maximum absolute atomic E-state index is 8.57. The van der Waals surface area contributed by atoms with E-state index in [2.05, 4.69) is 49.4 Å². The summed E-state index contributed by atoms with van der Waals surface area (Å²) >= 11 is 0. The van der Waals surface area contributed by atoms with Gasteiger partial charge in [0.25, 0.3) is 0 Å². The van der Waals surface area contributed by atoms with Crippen molar-refractivity contribution >= 4 is 0 Å². The van der Waals surface area contributed by atoms with Crippen molar-refractivity contribution in [1.82, 2.24) is 0 Å². The summed E-state index contributed by atoms with van der Waals surface area (Å²) in [5.41, 5.74) is 3.03. The van der Waals surface area contributed by atoms with Crippen molar-refractivity contribution < 1.29 is 0 Å². The summed E-state index contributed by atoms with van der Waals surface area (Å²) in [6, 6.07) is 11.5. The van der Waals surface area contributed by atoms with Crippen LogP contribution in [0.15, 0.2) is 48.6 Å². The summed E-state index contributed by atoms with van der Waals surface area (Å²) < 4.78 is 0. The summed E-state index contributed by atoms with van der Waals surface area (Å²) in [4.78, 5) is 0. The number of benzene rings is 1. The summed E-state index contributed by atoms with van der Waals surface area (Å²) in [6.07, 6.45) is 28.6. The Labute approximate surface area is 198 Å². The molecule has 1 heteroatoms. The van der Waals surface area contributed by atoms with Crippen LogP contribution in [0.2, 0.25) is 0 Å². The zero-order valence-corrected chi connectivity index (χ0v) is 20.5. The molecule has 1 aromatic rings. The van der Waals surface area contributed by atoms with Crippen LogP contribution in [0.4, 0.5) is 0 Å². The van der Waals surface area contributed by atoms with Gasteiger partial charge in [0, 0.05) is 6.08 Å². The molecule has 2 aliphatic rings. The standard InChI is InChI=1S/C31H45N/c1-2-3-9-26-13-15-27(16-14-26)11-6-7-12-29-19-23-31(24-20-29)30-21-17-28(18-22-30)10-5-4-8-25-32/h4-5,8,10,13-16,28-31H,2-3,6-7,9,11-12,17-24H2,1H3/t28-,29-,30-,31-. The molecule has 0 heterocycles. The van der Waals surface area contributed by atoms with E-state index in [1.165, 1.54) is 107 Å². The number of hydrogen-bond acceptors (Lipinski definition) is 1. The first-order valence-electron chi connectivity index (χ1n) is 13.6. The number of rotatable bonds is 11. The zero-order valence-electron chi connectivity index (χ0n) is 20.5. The molecule has 3 rings (SSSR count). The van der Waals surface area contributed by atoms with Crippen molar-refractivity contribution in [2.75, 3.05) is 0 Å². The Bertz CT molecular complexity index is 719. The van der Waals surface area contributed by atoms with Gasteiger partial charge >= 0.3 is 0 Å². The quantitative estimate of drug-likeness (QED) is 0.195. The Morgan fingerprint density at radius 3 is 1.97 bits per heavy atom. The van der Waals surface area contributed by atoms with Crippen LogP contribution in [0.5, 0.6) is 0 Å². The minimum atomic E-state index is 0.735. The SMILES string of the molecule is CCCCc1ccc(CCCC[C@H]2CC[C@H]([C@H]3CC[C@H](C=CC=CC#N)CC3)CC2)cc1. The molecule has 2 aliphatic carbocycles. The first kappa shape index (κ1) is 24.8. The highest BCUT2D eigenvalue weighted by Crippen LogP contribution is 2.42. The van der Waals surface area contributed by atoms with Crippen LogP contribution >= 0.6 is 0 Å². The Kier molecular flexibility index (Phi) is 11.1. The van der Waals surface area contributed by atoms with Gasteiger partial charge in [0.1, 0.15) is 0 Å². The van der Waals surface area contributed by atoms with E-state index < -0.39 is 0 Å². The molecule has 0 amide bonds. The van der Waals surface area contributed by atoms with Gasteiger partial charge in [-0.05, 0) is 99.0 Å². The molecule has 0 atom stereocenters. The average Bonchev–Trinajstić information content (AvgIpc) is 2.85. The fourth-order valence-electron chi connectivity index (χ4n) is 6.09. The zero-order chi connectivity index (χ0) is 22.4. The molecule has 0 aromatic heterocycles. The minimum absolute atomic E-state index is 0.735. The molecule has 0 N–H and O–H groups in total. The number of unbranched alkanes of at least 4 members (excludes halogenated alkanes) is 2. The molecule has 1 aromatic carbocycles. The number of hydrogen-bond donors (Lipinski definition) is 0. The maximum atomic E-state index is 8.57. The third kappa shape index (κ3) is 8.61. The van der Waals surface area contributed by atoms with E-state index in [1.54, 1.807) is 6.08 Å². The van der Waals surface area contributed by atoms with E-state index in [0.717, 1.165) is 23.7 Å². The molecule has 2 fully saturated rings. The number of aryl methyl sites for hydroxylation is 2. The lowest BCUT2D eigenvalue weighted by Crippen LogP contribution is -2.25. The molecule has 0 radical (unpaired) electrons. The van der Waals surface area contributed by atoms with E-state index in [0.29, 0.717) is 0 Å². The van der Waals surface area contributed by atoms with Gasteiger partial charge in [-0.3, -0.25) is 0 Å². The largest absolute Gasteiger partial charge is 0.193 e. The molecule has 1 nitrogen and oxygen atoms in total. The van der Waals surface area contributed by atoms with E-state index in [4.69, 9.17) is 5.26 Å². The minimum Gasteiger partial charge on any atom is -0.193 e. The van der Waals surface area contributed by atoms with E-state index in [-0.39, 0.29) is 0 Å². The average molecular weight is 432 g/mol. The second-order valence-corrected chi connectivity index (χ2v) is 10.5. The Morgan fingerprint density at radius 1 is 0.781 bits per heavy atom. The number of nitriles is 1. The Hall–Kier alpha value is -1.81. The Morgan fingerprint density at radius 2 is 1.38 bits per heavy atom. The highest BCUT2D eigenvalue weighted by atomic mass is 14.4. The number of allylic oxidation sites excluding steroid dienone is 4. The van der Waals surface area contributed by atoms with Crippen molar-refractivity contribution in [3.05, 3.63) is 59.7 Å². The van der Waals surface area contributed by atoms with Gasteiger partial charge < -0.3 is 0 Å². The monoisotopic (exact) mass is 431 g/mol. The predicted octanol–water partition coefficient (Wildman–Crippen LogP) is 8.99. The maximum Gasteiger partial charge on any atom is 0.0912 e. The van der Waals surface area contributed by atoms with Crippen LogP contribution in [0.3, 0.4) is 0 Å². The van der Waals surface area contributed by atoms with Gasteiger partial charge in [-0.15, -0.1) is 0 Å². The smallest absolute Gasteiger partial charge is 0.0912 e. The van der Waals surface area contributed by atoms with Crippen molar-refractivity contribution in [3.8, 4) is 6.07 Å². The third-order valence-electron chi connectivity index (χ3n) is 8.21. The lowest BCUT2D eigenvalue weighted by Gasteiger charge is -2.37. The van der Waals surface area contributed by atoms with Crippen LogP contribution in [0, 0.1) is 35.0 Å². The number of nitrogens with zero attached hydrogens (tertiary/aromatic N) is 1. The second-order valence-electron chi connectivity index (χ2n) is 10.5. The van der Waals surface area contributed by atoms with Gasteiger partial charge in [0.2, 0.25) is 0 Å². The normalized spacial score (nSPS) is 26.5. The van der Waals surface area contributed by atoms with Crippen molar-refractivity contribution in [2.45, 2.75) is 103 Å². The van der Waals surface area contributed by atoms with Crippen LogP contribution in [-0.2, 0) is 12.8 Å². The van der Waals surface area contributed by atoms with Crippen molar-refractivity contribution in [1.29, 1.82) is 5.26 Å². The highest BCUT2D eigenvalue weighted by Gasteiger charge is 2.30. The van der Waals surface area contributed by atoms with Gasteiger partial charge in [-0.1, -0.05) is 81.5 Å². The summed E-state index contributed by atoms with van der Waals surface area (Å²) in [7, 11) is 0. The molecule has 2 saturated carbocycles. The molecular weight excluding hydrogens is 386 g/mol. The first-order chi connectivity index (χ1) is 15.8. The molecular formula is C31H45N. The molecule has 174 valence electrons. The van der Waals surface area contributed by atoms with E-state index in [1.807, 2.05) is 6.08 Å². The summed E-state index contributed by atoms with van der Waals surface area (Å²) in [5.74, 6) is 3.71. The molecule has 32 heavy (non-hydrogen) atoms. The van der Waals surface area contributed by atoms with E-state index in [9.17, 15) is 0 Å². The van der Waals surface area contributed by atoms with Gasteiger partial charge in [-0.2, -0.15) is 5.26 Å². The topological polar surface area (TPSA) is 23.8 Å². The lowest BCUT2D eigenvalue weighted by molar-refractivity contribution is 0.151. The first-order valence-corrected chi connectivity index (χ1v) is 13.6. The molecule has 0 saturated heterocycles. The predicted molar refractivity (Wildman–Crippen MR) is 137 cm³/mol. The van der Waals surface area contributed by atoms with Crippen LogP contribution in [-0.4, -0.2) is 0 Å². The van der Waals surface area contributed by atoms with Gasteiger partial charge in [-0.25, -0.2) is 0 Å². The summed E-state index contributed by atoms with van der Waals surface area (Å²) in [6.45, 7) is 2.27.